The molecule has 0 aromatic carbocycles. The maximum Gasteiger partial charge on any atom is 0.219 e. The van der Waals surface area contributed by atoms with Gasteiger partial charge in [0.05, 0.1) is 0 Å². The molecular weight excluding hydrogens is 174 g/mol. The third-order valence-corrected chi connectivity index (χ3v) is 2.65. The molecule has 0 fully saturated rings. The third-order valence-electron chi connectivity index (χ3n) is 2.65. The largest absolute Gasteiger partial charge is 0.356 e. The van der Waals surface area contributed by atoms with E-state index in [1.54, 1.807) is 0 Å². The molecule has 1 N–H and O–H groups in total. The monoisotopic (exact) mass is 199 g/mol. The van der Waals surface area contributed by atoms with Gasteiger partial charge in [-0.1, -0.05) is 40.0 Å². The number of amides is 1. The second-order valence-electron chi connectivity index (χ2n) is 4.11. The Morgan fingerprint density at radius 2 is 2.00 bits per heavy atom. The van der Waals surface area contributed by atoms with Crippen LogP contribution in [-0.4, -0.2) is 12.5 Å². The van der Waals surface area contributed by atoms with Crippen molar-refractivity contribution in [2.24, 2.45) is 5.92 Å². The molecule has 0 spiro atoms. The van der Waals surface area contributed by atoms with Gasteiger partial charge in [-0.2, -0.15) is 0 Å². The van der Waals surface area contributed by atoms with Crippen LogP contribution in [0.1, 0.15) is 59.3 Å². The highest BCUT2D eigenvalue weighted by molar-refractivity contribution is 5.75. The minimum Gasteiger partial charge on any atom is -0.356 e. The van der Waals surface area contributed by atoms with Crippen molar-refractivity contribution in [2.75, 3.05) is 6.54 Å². The van der Waals surface area contributed by atoms with Crippen molar-refractivity contribution >= 4 is 5.91 Å². The van der Waals surface area contributed by atoms with Crippen molar-refractivity contribution in [3.05, 3.63) is 0 Å². The lowest BCUT2D eigenvalue weighted by Gasteiger charge is -2.07. The smallest absolute Gasteiger partial charge is 0.219 e. The fourth-order valence-corrected chi connectivity index (χ4v) is 1.31. The molecule has 0 saturated carbocycles. The van der Waals surface area contributed by atoms with Gasteiger partial charge in [-0.25, -0.2) is 0 Å². The van der Waals surface area contributed by atoms with Gasteiger partial charge in [-0.15, -0.1) is 0 Å². The van der Waals surface area contributed by atoms with E-state index < -0.39 is 0 Å². The summed E-state index contributed by atoms with van der Waals surface area (Å²) in [4.78, 5) is 11.3. The summed E-state index contributed by atoms with van der Waals surface area (Å²) in [6.45, 7) is 7.43. The average molecular weight is 199 g/mol. The van der Waals surface area contributed by atoms with Gasteiger partial charge in [0.25, 0.3) is 0 Å². The van der Waals surface area contributed by atoms with Crippen molar-refractivity contribution in [1.82, 2.24) is 5.32 Å². The lowest BCUT2D eigenvalue weighted by atomic mass is 10.0. The summed E-state index contributed by atoms with van der Waals surface area (Å²) in [6, 6.07) is 0. The van der Waals surface area contributed by atoms with E-state index in [1.807, 2.05) is 0 Å². The highest BCUT2D eigenvalue weighted by Crippen LogP contribution is 2.10. The zero-order valence-corrected chi connectivity index (χ0v) is 9.94. The molecule has 0 aromatic rings. The molecule has 0 aliphatic carbocycles. The van der Waals surface area contributed by atoms with Gasteiger partial charge < -0.3 is 5.32 Å². The topological polar surface area (TPSA) is 29.1 Å². The van der Waals surface area contributed by atoms with Crippen LogP contribution in [0, 0.1) is 5.92 Å². The molecule has 84 valence electrons. The number of hydrogen-bond donors (Lipinski definition) is 1. The number of unbranched alkanes of at least 4 members (excludes halogenated alkanes) is 1. The van der Waals surface area contributed by atoms with E-state index in [2.05, 4.69) is 26.1 Å². The lowest BCUT2D eigenvalue weighted by Crippen LogP contribution is -2.23. The number of hydrogen-bond acceptors (Lipinski definition) is 1. The summed E-state index contributed by atoms with van der Waals surface area (Å²) in [6.07, 6.45) is 6.38. The molecule has 1 unspecified atom stereocenters. The highest BCUT2D eigenvalue weighted by atomic mass is 16.1. The summed E-state index contributed by atoms with van der Waals surface area (Å²) in [5, 5.41) is 2.94. The van der Waals surface area contributed by atoms with Gasteiger partial charge in [-0.05, 0) is 18.8 Å². The fourth-order valence-electron chi connectivity index (χ4n) is 1.31. The van der Waals surface area contributed by atoms with Crippen LogP contribution in [0.15, 0.2) is 0 Å². The lowest BCUT2D eigenvalue weighted by molar-refractivity contribution is -0.121. The normalized spacial score (nSPS) is 12.5. The minimum absolute atomic E-state index is 0.224. The molecule has 0 rings (SSSR count). The zero-order chi connectivity index (χ0) is 10.8. The van der Waals surface area contributed by atoms with Gasteiger partial charge in [0.15, 0.2) is 0 Å². The van der Waals surface area contributed by atoms with Crippen LogP contribution in [-0.2, 0) is 4.79 Å². The molecule has 2 nitrogen and oxygen atoms in total. The Morgan fingerprint density at radius 1 is 1.29 bits per heavy atom. The van der Waals surface area contributed by atoms with Crippen LogP contribution in [0.5, 0.6) is 0 Å². The van der Waals surface area contributed by atoms with E-state index in [0.29, 0.717) is 6.42 Å². The first-order valence-electron chi connectivity index (χ1n) is 5.97. The first-order chi connectivity index (χ1) is 6.70. The second-order valence-corrected chi connectivity index (χ2v) is 4.11. The first-order valence-corrected chi connectivity index (χ1v) is 5.97. The van der Waals surface area contributed by atoms with Crippen molar-refractivity contribution in [2.45, 2.75) is 59.3 Å². The molecule has 1 atom stereocenters. The van der Waals surface area contributed by atoms with Gasteiger partial charge in [0.1, 0.15) is 0 Å². The van der Waals surface area contributed by atoms with Crippen LogP contribution in [0.4, 0.5) is 0 Å². The van der Waals surface area contributed by atoms with Gasteiger partial charge in [-0.3, -0.25) is 4.79 Å². The second kappa shape index (κ2) is 9.04. The molecule has 0 bridgehead atoms. The summed E-state index contributed by atoms with van der Waals surface area (Å²) in [7, 11) is 0. The molecule has 0 aliphatic heterocycles. The zero-order valence-electron chi connectivity index (χ0n) is 9.94. The quantitative estimate of drug-likeness (QED) is 0.598. The van der Waals surface area contributed by atoms with E-state index in [1.165, 1.54) is 12.8 Å². The molecule has 0 radical (unpaired) electrons. The number of carbonyl (C=O) groups is 1. The Kier molecular flexibility index (Phi) is 8.70. The Hall–Kier alpha value is -0.530. The van der Waals surface area contributed by atoms with Crippen LogP contribution in [0.3, 0.4) is 0 Å². The molecule has 2 heteroatoms. The van der Waals surface area contributed by atoms with E-state index >= 15 is 0 Å². The SMILES string of the molecule is CCCCNC(=O)CCCC(C)CC. The molecule has 14 heavy (non-hydrogen) atoms. The minimum atomic E-state index is 0.224. The Labute approximate surface area is 88.5 Å². The van der Waals surface area contributed by atoms with Gasteiger partial charge in [0, 0.05) is 13.0 Å². The van der Waals surface area contributed by atoms with Crippen LogP contribution >= 0.6 is 0 Å². The summed E-state index contributed by atoms with van der Waals surface area (Å²) in [5.74, 6) is 0.986. The third kappa shape index (κ3) is 8.09. The van der Waals surface area contributed by atoms with Gasteiger partial charge >= 0.3 is 0 Å². The number of rotatable bonds is 8. The standard InChI is InChI=1S/C12H25NO/c1-4-6-10-13-12(14)9-7-8-11(3)5-2/h11H,4-10H2,1-3H3,(H,13,14). The van der Waals surface area contributed by atoms with Crippen molar-refractivity contribution in [3.63, 3.8) is 0 Å². The fraction of sp³-hybridized carbons (Fsp3) is 0.917. The van der Waals surface area contributed by atoms with Crippen molar-refractivity contribution in [1.29, 1.82) is 0 Å². The van der Waals surface area contributed by atoms with E-state index in [-0.39, 0.29) is 5.91 Å². The predicted octanol–water partition coefficient (Wildman–Crippen LogP) is 3.12. The Morgan fingerprint density at radius 3 is 2.57 bits per heavy atom. The molecule has 0 aromatic heterocycles. The van der Waals surface area contributed by atoms with Crippen LogP contribution < -0.4 is 5.32 Å². The van der Waals surface area contributed by atoms with E-state index in [9.17, 15) is 4.79 Å². The molecule has 1 amide bonds. The number of carbonyl (C=O) groups excluding carboxylic acids is 1. The molecule has 0 saturated heterocycles. The number of nitrogens with one attached hydrogen (secondary N) is 1. The van der Waals surface area contributed by atoms with Crippen LogP contribution in [0.25, 0.3) is 0 Å². The van der Waals surface area contributed by atoms with E-state index in [0.717, 1.165) is 31.7 Å². The molecule has 0 heterocycles. The van der Waals surface area contributed by atoms with E-state index in [4.69, 9.17) is 0 Å². The maximum absolute atomic E-state index is 11.3. The van der Waals surface area contributed by atoms with Crippen molar-refractivity contribution in [3.8, 4) is 0 Å². The van der Waals surface area contributed by atoms with Crippen molar-refractivity contribution < 1.29 is 4.79 Å². The predicted molar refractivity (Wildman–Crippen MR) is 61.2 cm³/mol. The van der Waals surface area contributed by atoms with Gasteiger partial charge in [0.2, 0.25) is 5.91 Å². The van der Waals surface area contributed by atoms with Crippen LogP contribution in [0.2, 0.25) is 0 Å². The molecular formula is C12H25NO. The summed E-state index contributed by atoms with van der Waals surface area (Å²) < 4.78 is 0. The maximum atomic E-state index is 11.3. The Balaban J connectivity index is 3.26. The molecule has 0 aliphatic rings. The Bertz CT molecular complexity index is 145. The average Bonchev–Trinajstić information content (AvgIpc) is 2.18. The highest BCUT2D eigenvalue weighted by Gasteiger charge is 2.02. The summed E-state index contributed by atoms with van der Waals surface area (Å²) >= 11 is 0. The first kappa shape index (κ1) is 13.5. The summed E-state index contributed by atoms with van der Waals surface area (Å²) in [5.41, 5.74) is 0.